The van der Waals surface area contributed by atoms with Crippen LogP contribution in [0.2, 0.25) is 0 Å². The molecule has 0 spiro atoms. The summed E-state index contributed by atoms with van der Waals surface area (Å²) in [4.78, 5) is 16.5. The molecule has 0 amide bonds. The van der Waals surface area contributed by atoms with Crippen molar-refractivity contribution in [2.75, 3.05) is 0 Å². The van der Waals surface area contributed by atoms with Gasteiger partial charge in [0.15, 0.2) is 5.82 Å². The average molecular weight is 575 g/mol. The summed E-state index contributed by atoms with van der Waals surface area (Å²) in [6.07, 6.45) is 10.9. The molecule has 2 aliphatic rings. The van der Waals surface area contributed by atoms with E-state index in [9.17, 15) is 4.39 Å². The molecule has 0 saturated heterocycles. The third-order valence-corrected chi connectivity index (χ3v) is 8.33. The Morgan fingerprint density at radius 1 is 0.860 bits per heavy atom. The third kappa shape index (κ3) is 5.05. The first kappa shape index (κ1) is 26.9. The van der Waals surface area contributed by atoms with Gasteiger partial charge in [-0.3, -0.25) is 0 Å². The molecule has 1 aliphatic heterocycles. The summed E-state index contributed by atoms with van der Waals surface area (Å²) in [5, 5.41) is 9.12. The Hall–Kier alpha value is -4.92. The van der Waals surface area contributed by atoms with Crippen LogP contribution in [0.4, 0.5) is 10.2 Å². The van der Waals surface area contributed by atoms with Crippen molar-refractivity contribution >= 4 is 23.1 Å². The highest BCUT2D eigenvalue weighted by Crippen LogP contribution is 2.48. The van der Waals surface area contributed by atoms with Gasteiger partial charge in [0, 0.05) is 70.3 Å². The van der Waals surface area contributed by atoms with Gasteiger partial charge in [0.2, 0.25) is 0 Å². The fourth-order valence-electron chi connectivity index (χ4n) is 6.15. The highest BCUT2D eigenvalue weighted by molar-refractivity contribution is 5.86. The smallest absolute Gasteiger partial charge is 0.155 e. The van der Waals surface area contributed by atoms with Gasteiger partial charge in [0.05, 0.1) is 11.4 Å². The Bertz CT molecular complexity index is 1940. The zero-order valence-electron chi connectivity index (χ0n) is 24.5. The number of aromatic amines is 1. The highest BCUT2D eigenvalue weighted by atomic mass is 19.1. The van der Waals surface area contributed by atoms with E-state index in [-0.39, 0.29) is 11.7 Å². The van der Waals surface area contributed by atoms with Crippen molar-refractivity contribution in [2.45, 2.75) is 52.9 Å². The van der Waals surface area contributed by atoms with E-state index in [0.717, 1.165) is 79.6 Å². The first-order chi connectivity index (χ1) is 20.9. The van der Waals surface area contributed by atoms with Gasteiger partial charge in [-0.05, 0) is 81.8 Å². The van der Waals surface area contributed by atoms with Crippen LogP contribution in [0, 0.1) is 39.4 Å². The molecule has 1 aliphatic carbocycles. The monoisotopic (exact) mass is 574 g/mol. The summed E-state index contributed by atoms with van der Waals surface area (Å²) in [6.45, 7) is 7.72. The number of nitrogens with zero attached hydrogens (tertiary/aromatic N) is 5. The van der Waals surface area contributed by atoms with Crippen molar-refractivity contribution in [1.82, 2.24) is 25.3 Å². The summed E-state index contributed by atoms with van der Waals surface area (Å²) in [5.74, 6) is 3.10. The average Bonchev–Trinajstić information content (AvgIpc) is 3.26. The van der Waals surface area contributed by atoms with E-state index in [4.69, 9.17) is 9.05 Å². The van der Waals surface area contributed by atoms with Crippen LogP contribution < -0.4 is 0 Å². The van der Waals surface area contributed by atoms with Gasteiger partial charge in [0.25, 0.3) is 0 Å². The van der Waals surface area contributed by atoms with E-state index >= 15 is 0 Å². The highest BCUT2D eigenvalue weighted by Gasteiger charge is 2.35. The standard InChI is InChI=1S/C22H20FN3O.C12H11N3O/c1-12-20(13(2)27-26-12)16-9-18-19(11-25-22(18)24-10-16)21(14-3-4-14)15-5-7-17(23)8-6-15;1-7-11(8(2)16-15-7)10-5-9-3-4-13-12(9)14-6-10/h5-11,14,21H,3-4H2,1-2H3,(H,24,25);4-6H,3H2,1-2H3. The number of nitrogens with one attached hydrogen (secondary N) is 1. The predicted octanol–water partition coefficient (Wildman–Crippen LogP) is 8.13. The van der Waals surface area contributed by atoms with Crippen LogP contribution in [0.5, 0.6) is 0 Å². The second-order valence-electron chi connectivity index (χ2n) is 11.4. The summed E-state index contributed by atoms with van der Waals surface area (Å²) in [6, 6.07) is 11.2. The Morgan fingerprint density at radius 3 is 2.14 bits per heavy atom. The minimum atomic E-state index is -0.199. The number of benzene rings is 1. The topological polar surface area (TPSA) is 106 Å². The van der Waals surface area contributed by atoms with Crippen LogP contribution in [0.25, 0.3) is 33.3 Å². The maximum absolute atomic E-state index is 13.4. The minimum absolute atomic E-state index is 0.199. The summed E-state index contributed by atoms with van der Waals surface area (Å²) in [7, 11) is 0. The number of rotatable bonds is 5. The van der Waals surface area contributed by atoms with E-state index in [1.807, 2.05) is 58.4 Å². The lowest BCUT2D eigenvalue weighted by atomic mass is 9.87. The molecule has 9 heteroatoms. The van der Waals surface area contributed by atoms with E-state index < -0.39 is 0 Å². The lowest BCUT2D eigenvalue weighted by molar-refractivity contribution is 0.393. The number of H-pyrrole nitrogens is 1. The molecule has 1 saturated carbocycles. The van der Waals surface area contributed by atoms with Crippen LogP contribution in [-0.4, -0.2) is 31.5 Å². The van der Waals surface area contributed by atoms with Crippen molar-refractivity contribution < 1.29 is 13.4 Å². The fraction of sp³-hybridized carbons (Fsp3) is 0.265. The molecule has 6 heterocycles. The molecule has 43 heavy (non-hydrogen) atoms. The van der Waals surface area contributed by atoms with E-state index in [0.29, 0.717) is 5.92 Å². The normalized spacial score (nSPS) is 14.5. The number of aryl methyl sites for hydroxylation is 4. The van der Waals surface area contributed by atoms with E-state index in [1.54, 1.807) is 12.1 Å². The van der Waals surface area contributed by atoms with Gasteiger partial charge in [-0.15, -0.1) is 0 Å². The molecule has 8 rings (SSSR count). The minimum Gasteiger partial charge on any atom is -0.361 e. The molecule has 1 atom stereocenters. The first-order valence-corrected chi connectivity index (χ1v) is 14.5. The Balaban J connectivity index is 0.000000160. The molecule has 6 aromatic rings. The molecule has 1 fully saturated rings. The summed E-state index contributed by atoms with van der Waals surface area (Å²) in [5.41, 5.74) is 10.3. The number of hydrogen-bond donors (Lipinski definition) is 1. The molecular formula is C34H31FN6O2. The zero-order chi connectivity index (χ0) is 29.7. The van der Waals surface area contributed by atoms with Gasteiger partial charge in [-0.2, -0.15) is 0 Å². The van der Waals surface area contributed by atoms with Crippen molar-refractivity contribution in [2.24, 2.45) is 10.9 Å². The lowest BCUT2D eigenvalue weighted by Gasteiger charge is -2.16. The zero-order valence-corrected chi connectivity index (χ0v) is 24.5. The molecule has 0 radical (unpaired) electrons. The number of aromatic nitrogens is 5. The first-order valence-electron chi connectivity index (χ1n) is 14.5. The van der Waals surface area contributed by atoms with Crippen LogP contribution in [0.1, 0.15) is 58.4 Å². The lowest BCUT2D eigenvalue weighted by Crippen LogP contribution is -2.03. The van der Waals surface area contributed by atoms with E-state index in [2.05, 4.69) is 48.6 Å². The predicted molar refractivity (Wildman–Crippen MR) is 163 cm³/mol. The quantitative estimate of drug-likeness (QED) is 0.223. The van der Waals surface area contributed by atoms with Crippen LogP contribution in [0.3, 0.4) is 0 Å². The van der Waals surface area contributed by atoms with Crippen LogP contribution in [-0.2, 0) is 6.42 Å². The fourth-order valence-corrected chi connectivity index (χ4v) is 6.15. The van der Waals surface area contributed by atoms with Crippen molar-refractivity contribution in [3.63, 3.8) is 0 Å². The van der Waals surface area contributed by atoms with Gasteiger partial charge in [-0.1, -0.05) is 22.4 Å². The van der Waals surface area contributed by atoms with Crippen molar-refractivity contribution in [3.8, 4) is 22.3 Å². The molecular weight excluding hydrogens is 543 g/mol. The molecule has 0 bridgehead atoms. The van der Waals surface area contributed by atoms with Gasteiger partial charge < -0.3 is 14.0 Å². The molecule has 1 N–H and O–H groups in total. The van der Waals surface area contributed by atoms with Gasteiger partial charge in [0.1, 0.15) is 23.0 Å². The van der Waals surface area contributed by atoms with Gasteiger partial charge >= 0.3 is 0 Å². The second-order valence-corrected chi connectivity index (χ2v) is 11.4. The van der Waals surface area contributed by atoms with E-state index in [1.165, 1.54) is 18.4 Å². The number of pyridine rings is 2. The number of fused-ring (bicyclic) bond motifs is 2. The molecule has 1 aromatic carbocycles. The number of halogens is 1. The summed E-state index contributed by atoms with van der Waals surface area (Å²) < 4.78 is 23.9. The largest absolute Gasteiger partial charge is 0.361 e. The Labute approximate surface area is 248 Å². The molecule has 1 unspecified atom stereocenters. The SMILES string of the molecule is Cc1noc(C)c1-c1cnc2[nH]cc(C(c3ccc(F)cc3)C3CC3)c2c1.Cc1noc(C)c1-c1cnc2c(c1)CC=N2. The maximum atomic E-state index is 13.4. The Kier molecular flexibility index (Phi) is 6.72. The van der Waals surface area contributed by atoms with Gasteiger partial charge in [-0.25, -0.2) is 19.4 Å². The Morgan fingerprint density at radius 2 is 1.51 bits per heavy atom. The van der Waals surface area contributed by atoms with Crippen molar-refractivity contribution in [1.29, 1.82) is 0 Å². The van der Waals surface area contributed by atoms with Crippen LogP contribution in [0.15, 0.2) is 69.0 Å². The summed E-state index contributed by atoms with van der Waals surface area (Å²) >= 11 is 0. The number of hydrogen-bond acceptors (Lipinski definition) is 7. The van der Waals surface area contributed by atoms with Crippen LogP contribution >= 0.6 is 0 Å². The number of aliphatic imine (C=N–C) groups is 1. The maximum Gasteiger partial charge on any atom is 0.155 e. The second kappa shape index (κ2) is 10.7. The van der Waals surface area contributed by atoms with Crippen molar-refractivity contribution in [3.05, 3.63) is 100 Å². The molecule has 216 valence electrons. The third-order valence-electron chi connectivity index (χ3n) is 8.33. The molecule has 5 aromatic heterocycles. The molecule has 8 nitrogen and oxygen atoms in total.